The molecule has 0 heterocycles. The molecule has 23 heavy (non-hydrogen) atoms. The second-order valence-corrected chi connectivity index (χ2v) is 6.06. The maximum atomic E-state index is 6.09. The van der Waals surface area contributed by atoms with Gasteiger partial charge in [-0.25, -0.2) is 0 Å². The number of hydrazone groups is 1. The minimum Gasteiger partial charge on any atom is -0.493 e. The topological polar surface area (TPSA) is 42.8 Å². The lowest BCUT2D eigenvalue weighted by molar-refractivity contribution is 0.309. The Kier molecular flexibility index (Phi) is 6.30. The van der Waals surface area contributed by atoms with Crippen molar-refractivity contribution in [3.8, 4) is 11.5 Å². The third-order valence-corrected chi connectivity index (χ3v) is 4.12. The van der Waals surface area contributed by atoms with Gasteiger partial charge in [0.2, 0.25) is 0 Å². The zero-order chi connectivity index (χ0) is 16.8. The van der Waals surface area contributed by atoms with Gasteiger partial charge in [-0.1, -0.05) is 17.7 Å². The van der Waals surface area contributed by atoms with Crippen LogP contribution in [0.4, 0.5) is 5.69 Å². The molecule has 4 nitrogen and oxygen atoms in total. The van der Waals surface area contributed by atoms with Crippen molar-refractivity contribution in [3.63, 3.8) is 0 Å². The molecule has 0 bridgehead atoms. The first kappa shape index (κ1) is 17.6. The first-order valence-electron chi connectivity index (χ1n) is 7.10. The summed E-state index contributed by atoms with van der Waals surface area (Å²) in [6.45, 7) is 4.45. The molecule has 0 amide bonds. The molecule has 1 N–H and O–H groups in total. The maximum absolute atomic E-state index is 6.09. The van der Waals surface area contributed by atoms with E-state index in [9.17, 15) is 0 Å². The van der Waals surface area contributed by atoms with Crippen LogP contribution in [-0.4, -0.2) is 19.9 Å². The number of methoxy groups -OCH3 is 1. The summed E-state index contributed by atoms with van der Waals surface area (Å²) in [4.78, 5) is 0. The van der Waals surface area contributed by atoms with Crippen molar-refractivity contribution in [2.45, 2.75) is 13.8 Å². The smallest absolute Gasteiger partial charge is 0.175 e. The Morgan fingerprint density at radius 2 is 2.09 bits per heavy atom. The van der Waals surface area contributed by atoms with Crippen LogP contribution in [0.2, 0.25) is 5.02 Å². The van der Waals surface area contributed by atoms with Crippen molar-refractivity contribution in [1.29, 1.82) is 0 Å². The van der Waals surface area contributed by atoms with Crippen molar-refractivity contribution >= 4 is 39.4 Å². The summed E-state index contributed by atoms with van der Waals surface area (Å²) >= 11 is 9.58. The number of hydrogen-bond donors (Lipinski definition) is 1. The molecule has 0 aliphatic rings. The molecule has 0 saturated carbocycles. The monoisotopic (exact) mass is 396 g/mol. The van der Waals surface area contributed by atoms with Gasteiger partial charge in [-0.2, -0.15) is 5.10 Å². The zero-order valence-corrected chi connectivity index (χ0v) is 15.5. The van der Waals surface area contributed by atoms with Gasteiger partial charge in [0, 0.05) is 5.02 Å². The molecule has 0 spiro atoms. The molecule has 0 aliphatic heterocycles. The molecular formula is C17H18BrClN2O2. The molecule has 0 unspecified atom stereocenters. The van der Waals surface area contributed by atoms with Crippen molar-refractivity contribution < 1.29 is 9.47 Å². The summed E-state index contributed by atoms with van der Waals surface area (Å²) in [6.07, 6.45) is 1.71. The third-order valence-electron chi connectivity index (χ3n) is 3.12. The van der Waals surface area contributed by atoms with E-state index >= 15 is 0 Å². The molecule has 122 valence electrons. The number of nitrogens with one attached hydrogen (secondary N) is 1. The maximum Gasteiger partial charge on any atom is 0.175 e. The summed E-state index contributed by atoms with van der Waals surface area (Å²) in [7, 11) is 1.61. The van der Waals surface area contributed by atoms with Crippen LogP contribution < -0.4 is 14.9 Å². The first-order valence-corrected chi connectivity index (χ1v) is 8.27. The molecule has 0 fully saturated rings. The van der Waals surface area contributed by atoms with E-state index in [0.717, 1.165) is 21.3 Å². The average molecular weight is 398 g/mol. The highest BCUT2D eigenvalue weighted by molar-refractivity contribution is 9.10. The van der Waals surface area contributed by atoms with Gasteiger partial charge in [0.25, 0.3) is 0 Å². The van der Waals surface area contributed by atoms with Crippen LogP contribution in [0.15, 0.2) is 39.9 Å². The predicted octanol–water partition coefficient (Wildman–Crippen LogP) is 5.26. The SMILES string of the molecule is CCOc1c(Br)cc(/C=N/Nc2ccc(C)c(Cl)c2)cc1OC. The Morgan fingerprint density at radius 1 is 1.30 bits per heavy atom. The van der Waals surface area contributed by atoms with E-state index in [-0.39, 0.29) is 0 Å². The van der Waals surface area contributed by atoms with Crippen molar-refractivity contribution in [2.24, 2.45) is 5.10 Å². The van der Waals surface area contributed by atoms with E-state index in [0.29, 0.717) is 23.1 Å². The second kappa shape index (κ2) is 8.22. The van der Waals surface area contributed by atoms with E-state index in [2.05, 4.69) is 26.5 Å². The van der Waals surface area contributed by atoms with Crippen LogP contribution in [0.1, 0.15) is 18.1 Å². The van der Waals surface area contributed by atoms with Gasteiger partial charge in [0.05, 0.1) is 30.1 Å². The van der Waals surface area contributed by atoms with Crippen LogP contribution >= 0.6 is 27.5 Å². The Labute approximate surface area is 149 Å². The number of nitrogens with zero attached hydrogens (tertiary/aromatic N) is 1. The normalized spacial score (nSPS) is 10.8. The van der Waals surface area contributed by atoms with Crippen molar-refractivity contribution in [1.82, 2.24) is 0 Å². The van der Waals surface area contributed by atoms with Crippen LogP contribution in [0.3, 0.4) is 0 Å². The molecular weight excluding hydrogens is 380 g/mol. The predicted molar refractivity (Wildman–Crippen MR) is 99.3 cm³/mol. The molecule has 6 heteroatoms. The minimum atomic E-state index is 0.568. The number of halogens is 2. The van der Waals surface area contributed by atoms with E-state index in [1.54, 1.807) is 13.3 Å². The van der Waals surface area contributed by atoms with E-state index in [4.69, 9.17) is 21.1 Å². The number of rotatable bonds is 6. The first-order chi connectivity index (χ1) is 11.0. The van der Waals surface area contributed by atoms with Crippen LogP contribution in [0, 0.1) is 6.92 Å². The van der Waals surface area contributed by atoms with Gasteiger partial charge < -0.3 is 9.47 Å². The summed E-state index contributed by atoms with van der Waals surface area (Å²) in [5.74, 6) is 1.34. The Hall–Kier alpha value is -1.72. The summed E-state index contributed by atoms with van der Waals surface area (Å²) in [5, 5.41) is 4.93. The van der Waals surface area contributed by atoms with Gasteiger partial charge in [0.15, 0.2) is 11.5 Å². The van der Waals surface area contributed by atoms with E-state index in [1.807, 2.05) is 44.2 Å². The number of anilines is 1. The fourth-order valence-electron chi connectivity index (χ4n) is 1.94. The Morgan fingerprint density at radius 3 is 2.74 bits per heavy atom. The molecule has 2 aromatic carbocycles. The van der Waals surface area contributed by atoms with Gasteiger partial charge in [-0.3, -0.25) is 5.43 Å². The number of hydrogen-bond acceptors (Lipinski definition) is 4. The van der Waals surface area contributed by atoms with Gasteiger partial charge >= 0.3 is 0 Å². The third kappa shape index (κ3) is 4.62. The molecule has 0 aromatic heterocycles. The van der Waals surface area contributed by atoms with Crippen molar-refractivity contribution in [2.75, 3.05) is 19.1 Å². The molecule has 2 aromatic rings. The lowest BCUT2D eigenvalue weighted by Crippen LogP contribution is -1.98. The lowest BCUT2D eigenvalue weighted by Gasteiger charge is -2.12. The largest absolute Gasteiger partial charge is 0.493 e. The Balaban J connectivity index is 2.15. The van der Waals surface area contributed by atoms with E-state index in [1.165, 1.54) is 0 Å². The van der Waals surface area contributed by atoms with Crippen LogP contribution in [0.25, 0.3) is 0 Å². The highest BCUT2D eigenvalue weighted by Gasteiger charge is 2.10. The van der Waals surface area contributed by atoms with Crippen LogP contribution in [-0.2, 0) is 0 Å². The fourth-order valence-corrected chi connectivity index (χ4v) is 2.70. The standard InChI is InChI=1S/C17H18BrClN2O2/c1-4-23-17-14(18)7-12(8-16(17)22-3)10-20-21-13-6-5-11(2)15(19)9-13/h5-10,21H,4H2,1-3H3/b20-10+. The molecule has 0 radical (unpaired) electrons. The highest BCUT2D eigenvalue weighted by Crippen LogP contribution is 2.36. The minimum absolute atomic E-state index is 0.568. The summed E-state index contributed by atoms with van der Waals surface area (Å²) in [6, 6.07) is 9.48. The number of aryl methyl sites for hydroxylation is 1. The quantitative estimate of drug-likeness (QED) is 0.534. The molecule has 0 aliphatic carbocycles. The van der Waals surface area contributed by atoms with Gasteiger partial charge in [-0.15, -0.1) is 0 Å². The van der Waals surface area contributed by atoms with Crippen LogP contribution in [0.5, 0.6) is 11.5 Å². The average Bonchev–Trinajstić information content (AvgIpc) is 2.53. The Bertz CT molecular complexity index is 720. The number of ether oxygens (including phenoxy) is 2. The van der Waals surface area contributed by atoms with Crippen molar-refractivity contribution in [3.05, 3.63) is 51.0 Å². The fraction of sp³-hybridized carbons (Fsp3) is 0.235. The summed E-state index contributed by atoms with van der Waals surface area (Å²) < 4.78 is 11.7. The van der Waals surface area contributed by atoms with Gasteiger partial charge in [0.1, 0.15) is 0 Å². The summed E-state index contributed by atoms with van der Waals surface area (Å²) in [5.41, 5.74) is 5.69. The lowest BCUT2D eigenvalue weighted by atomic mass is 10.2. The van der Waals surface area contributed by atoms with Gasteiger partial charge in [-0.05, 0) is 65.2 Å². The number of benzene rings is 2. The molecule has 0 saturated heterocycles. The second-order valence-electron chi connectivity index (χ2n) is 4.80. The molecule has 0 atom stereocenters. The molecule has 2 rings (SSSR count). The zero-order valence-electron chi connectivity index (χ0n) is 13.2. The van der Waals surface area contributed by atoms with E-state index < -0.39 is 0 Å². The highest BCUT2D eigenvalue weighted by atomic mass is 79.9.